The van der Waals surface area contributed by atoms with Crippen molar-refractivity contribution in [2.24, 2.45) is 0 Å². The van der Waals surface area contributed by atoms with E-state index in [1.165, 1.54) is 0 Å². The Balaban J connectivity index is 2.19. The number of hydrogen-bond acceptors (Lipinski definition) is 3. The summed E-state index contributed by atoms with van der Waals surface area (Å²) in [7, 11) is 0. The van der Waals surface area contributed by atoms with Gasteiger partial charge in [0.2, 0.25) is 0 Å². The van der Waals surface area contributed by atoms with Crippen molar-refractivity contribution >= 4 is 0 Å². The lowest BCUT2D eigenvalue weighted by Gasteiger charge is -2.16. The van der Waals surface area contributed by atoms with Crippen LogP contribution < -0.4 is 0 Å². The molecule has 2 unspecified atom stereocenters. The van der Waals surface area contributed by atoms with Crippen molar-refractivity contribution in [3.05, 3.63) is 35.9 Å². The van der Waals surface area contributed by atoms with E-state index >= 15 is 0 Å². The minimum absolute atomic E-state index is 0.0672. The topological polar surface area (TPSA) is 38.7 Å². The highest BCUT2D eigenvalue weighted by atomic mass is 16.7. The number of benzene rings is 1. The molecule has 1 aliphatic heterocycles. The standard InChI is InChI=1S/C13H18O3/c1-13(2)15-11(8-9-14)12(16-13)10-6-4-3-5-7-10/h3-7,11-12,14H,8-9H2,1-2H3. The predicted molar refractivity (Wildman–Crippen MR) is 60.9 cm³/mol. The SMILES string of the molecule is CC1(C)OC(CCO)C(c2ccccc2)O1. The zero-order valence-corrected chi connectivity index (χ0v) is 9.72. The Morgan fingerprint density at radius 2 is 1.88 bits per heavy atom. The molecule has 3 heteroatoms. The van der Waals surface area contributed by atoms with Crippen molar-refractivity contribution in [3.8, 4) is 0 Å². The predicted octanol–water partition coefficient (Wildman–Crippen LogP) is 2.26. The van der Waals surface area contributed by atoms with E-state index in [-0.39, 0.29) is 18.8 Å². The van der Waals surface area contributed by atoms with Gasteiger partial charge in [0.05, 0.1) is 6.10 Å². The number of aliphatic hydroxyl groups is 1. The maximum Gasteiger partial charge on any atom is 0.164 e. The molecule has 1 aliphatic rings. The van der Waals surface area contributed by atoms with Gasteiger partial charge in [0.25, 0.3) is 0 Å². The smallest absolute Gasteiger partial charge is 0.164 e. The van der Waals surface area contributed by atoms with Gasteiger partial charge in [-0.25, -0.2) is 0 Å². The van der Waals surface area contributed by atoms with E-state index in [4.69, 9.17) is 14.6 Å². The summed E-state index contributed by atoms with van der Waals surface area (Å²) in [5.74, 6) is -0.569. The fraction of sp³-hybridized carbons (Fsp3) is 0.538. The van der Waals surface area contributed by atoms with Gasteiger partial charge in [-0.3, -0.25) is 0 Å². The van der Waals surface area contributed by atoms with Gasteiger partial charge in [0, 0.05) is 6.61 Å². The fourth-order valence-electron chi connectivity index (χ4n) is 2.10. The second-order valence-corrected chi connectivity index (χ2v) is 4.52. The molecule has 2 rings (SSSR count). The van der Waals surface area contributed by atoms with E-state index in [0.717, 1.165) is 5.56 Å². The van der Waals surface area contributed by atoms with Crippen LogP contribution in [0.2, 0.25) is 0 Å². The van der Waals surface area contributed by atoms with Crippen molar-refractivity contribution in [2.75, 3.05) is 6.61 Å². The van der Waals surface area contributed by atoms with Crippen LogP contribution in [0.3, 0.4) is 0 Å². The summed E-state index contributed by atoms with van der Waals surface area (Å²) < 4.78 is 11.6. The van der Waals surface area contributed by atoms with Crippen LogP contribution in [0.5, 0.6) is 0 Å². The van der Waals surface area contributed by atoms with Crippen LogP contribution in [-0.4, -0.2) is 23.6 Å². The van der Waals surface area contributed by atoms with E-state index in [9.17, 15) is 0 Å². The van der Waals surface area contributed by atoms with Crippen molar-refractivity contribution in [2.45, 2.75) is 38.3 Å². The molecule has 1 fully saturated rings. The number of ether oxygens (including phenoxy) is 2. The summed E-state index contributed by atoms with van der Waals surface area (Å²) in [5, 5.41) is 9.03. The second kappa shape index (κ2) is 4.53. The van der Waals surface area contributed by atoms with Crippen LogP contribution >= 0.6 is 0 Å². The lowest BCUT2D eigenvalue weighted by atomic mass is 10.0. The minimum atomic E-state index is -0.569. The Labute approximate surface area is 96.0 Å². The average Bonchev–Trinajstić information content (AvgIpc) is 2.56. The van der Waals surface area contributed by atoms with Gasteiger partial charge in [-0.15, -0.1) is 0 Å². The summed E-state index contributed by atoms with van der Waals surface area (Å²) in [6, 6.07) is 10.0. The molecule has 1 saturated heterocycles. The molecular formula is C13H18O3. The second-order valence-electron chi connectivity index (χ2n) is 4.52. The van der Waals surface area contributed by atoms with Crippen LogP contribution in [0, 0.1) is 0 Å². The summed E-state index contributed by atoms with van der Waals surface area (Å²) >= 11 is 0. The first-order valence-corrected chi connectivity index (χ1v) is 5.64. The van der Waals surface area contributed by atoms with E-state index in [0.29, 0.717) is 6.42 Å². The summed E-state index contributed by atoms with van der Waals surface area (Å²) in [6.45, 7) is 3.92. The maximum absolute atomic E-state index is 9.03. The van der Waals surface area contributed by atoms with Crippen LogP contribution in [0.4, 0.5) is 0 Å². The minimum Gasteiger partial charge on any atom is -0.396 e. The molecule has 0 amide bonds. The molecule has 88 valence electrons. The third-order valence-electron chi connectivity index (χ3n) is 2.73. The third-order valence-corrected chi connectivity index (χ3v) is 2.73. The molecule has 1 aromatic rings. The molecule has 0 spiro atoms. The van der Waals surface area contributed by atoms with Gasteiger partial charge in [-0.05, 0) is 25.8 Å². The number of rotatable bonds is 3. The molecule has 1 aromatic carbocycles. The first-order chi connectivity index (χ1) is 7.62. The Bertz CT molecular complexity index is 334. The lowest BCUT2D eigenvalue weighted by molar-refractivity contribution is -0.147. The highest BCUT2D eigenvalue weighted by Crippen LogP contribution is 2.39. The Hall–Kier alpha value is -0.900. The van der Waals surface area contributed by atoms with Crippen molar-refractivity contribution in [3.63, 3.8) is 0 Å². The van der Waals surface area contributed by atoms with E-state index < -0.39 is 5.79 Å². The van der Waals surface area contributed by atoms with Crippen molar-refractivity contribution < 1.29 is 14.6 Å². The van der Waals surface area contributed by atoms with Gasteiger partial charge < -0.3 is 14.6 Å². The van der Waals surface area contributed by atoms with Crippen LogP contribution in [0.25, 0.3) is 0 Å². The van der Waals surface area contributed by atoms with Gasteiger partial charge in [0.15, 0.2) is 5.79 Å². The van der Waals surface area contributed by atoms with Crippen molar-refractivity contribution in [1.29, 1.82) is 0 Å². The summed E-state index contributed by atoms with van der Waals surface area (Å²) in [6.07, 6.45) is 0.453. The Morgan fingerprint density at radius 3 is 2.50 bits per heavy atom. The summed E-state index contributed by atoms with van der Waals surface area (Å²) in [5.41, 5.74) is 1.10. The van der Waals surface area contributed by atoms with Crippen LogP contribution in [0.15, 0.2) is 30.3 Å². The first-order valence-electron chi connectivity index (χ1n) is 5.64. The quantitative estimate of drug-likeness (QED) is 0.852. The summed E-state index contributed by atoms with van der Waals surface area (Å²) in [4.78, 5) is 0. The largest absolute Gasteiger partial charge is 0.396 e. The number of aliphatic hydroxyl groups excluding tert-OH is 1. The third kappa shape index (κ3) is 2.43. The molecule has 0 aliphatic carbocycles. The van der Waals surface area contributed by atoms with E-state index in [2.05, 4.69) is 0 Å². The molecular weight excluding hydrogens is 204 g/mol. The Kier molecular flexibility index (Phi) is 3.28. The molecule has 0 bridgehead atoms. The molecule has 3 nitrogen and oxygen atoms in total. The number of hydrogen-bond donors (Lipinski definition) is 1. The lowest BCUT2D eigenvalue weighted by Crippen LogP contribution is -2.21. The van der Waals surface area contributed by atoms with Gasteiger partial charge in [-0.2, -0.15) is 0 Å². The van der Waals surface area contributed by atoms with E-state index in [1.807, 2.05) is 44.2 Å². The average molecular weight is 222 g/mol. The zero-order chi connectivity index (χ0) is 11.6. The highest BCUT2D eigenvalue weighted by Gasteiger charge is 2.41. The zero-order valence-electron chi connectivity index (χ0n) is 9.72. The van der Waals surface area contributed by atoms with Gasteiger partial charge in [0.1, 0.15) is 6.10 Å². The molecule has 16 heavy (non-hydrogen) atoms. The molecule has 1 heterocycles. The molecule has 2 atom stereocenters. The molecule has 0 aromatic heterocycles. The first kappa shape index (κ1) is 11.6. The molecule has 0 radical (unpaired) electrons. The molecule has 0 saturated carbocycles. The highest BCUT2D eigenvalue weighted by molar-refractivity contribution is 5.19. The van der Waals surface area contributed by atoms with Crippen LogP contribution in [-0.2, 0) is 9.47 Å². The monoisotopic (exact) mass is 222 g/mol. The maximum atomic E-state index is 9.03. The fourth-order valence-corrected chi connectivity index (χ4v) is 2.10. The molecule has 1 N–H and O–H groups in total. The van der Waals surface area contributed by atoms with E-state index in [1.54, 1.807) is 0 Å². The Morgan fingerprint density at radius 1 is 1.19 bits per heavy atom. The van der Waals surface area contributed by atoms with Gasteiger partial charge >= 0.3 is 0 Å². The normalized spacial score (nSPS) is 28.2. The van der Waals surface area contributed by atoms with Crippen LogP contribution in [0.1, 0.15) is 31.9 Å². The van der Waals surface area contributed by atoms with Crippen molar-refractivity contribution in [1.82, 2.24) is 0 Å². The van der Waals surface area contributed by atoms with Gasteiger partial charge in [-0.1, -0.05) is 30.3 Å².